The van der Waals surface area contributed by atoms with E-state index in [2.05, 4.69) is 53.5 Å². The monoisotopic (exact) mass is 601 g/mol. The summed E-state index contributed by atoms with van der Waals surface area (Å²) in [4.78, 5) is 41.8. The average molecular weight is 601 g/mol. The first-order valence-electron chi connectivity index (χ1n) is 11.5. The van der Waals surface area contributed by atoms with Gasteiger partial charge in [-0.05, 0) is 90.2 Å². The first kappa shape index (κ1) is 23.1. The van der Waals surface area contributed by atoms with Gasteiger partial charge in [-0.2, -0.15) is 0 Å². The molecule has 2 amide bonds. The van der Waals surface area contributed by atoms with Crippen molar-refractivity contribution in [2.45, 2.75) is 13.3 Å². The van der Waals surface area contributed by atoms with Crippen molar-refractivity contribution >= 4 is 68.4 Å². The SMILES string of the molecule is Cc1nc2ccc(NC(=O)c3ccc(Nc4ncc5c(n4)-c4ccc(I)cc4NC(=O)C5)cc3)cc2[nH]1. The number of H-pyrrole nitrogens is 1. The molecule has 3 heterocycles. The van der Waals surface area contributed by atoms with Gasteiger partial charge < -0.3 is 20.9 Å². The summed E-state index contributed by atoms with van der Waals surface area (Å²) in [5.41, 5.74) is 6.71. The molecule has 1 aliphatic rings. The van der Waals surface area contributed by atoms with E-state index in [4.69, 9.17) is 4.98 Å². The third-order valence-electron chi connectivity index (χ3n) is 5.99. The van der Waals surface area contributed by atoms with Gasteiger partial charge in [-0.15, -0.1) is 0 Å². The Morgan fingerprint density at radius 3 is 2.65 bits per heavy atom. The van der Waals surface area contributed by atoms with E-state index < -0.39 is 0 Å². The van der Waals surface area contributed by atoms with Crippen molar-refractivity contribution in [3.05, 3.63) is 87.4 Å². The molecule has 0 aliphatic carbocycles. The number of fused-ring (bicyclic) bond motifs is 4. The highest BCUT2D eigenvalue weighted by atomic mass is 127. The van der Waals surface area contributed by atoms with Crippen LogP contribution in [0.1, 0.15) is 21.7 Å². The molecule has 10 heteroatoms. The minimum atomic E-state index is -0.216. The third-order valence-corrected chi connectivity index (χ3v) is 6.66. The highest BCUT2D eigenvalue weighted by molar-refractivity contribution is 14.1. The number of carbonyl (C=O) groups is 2. The summed E-state index contributed by atoms with van der Waals surface area (Å²) in [6, 6.07) is 18.5. The lowest BCUT2D eigenvalue weighted by Gasteiger charge is -2.11. The summed E-state index contributed by atoms with van der Waals surface area (Å²) < 4.78 is 1.02. The van der Waals surface area contributed by atoms with Crippen LogP contribution in [0.5, 0.6) is 0 Å². The Labute approximate surface area is 225 Å². The molecular formula is C27H20IN7O2. The van der Waals surface area contributed by atoms with Gasteiger partial charge in [-0.1, -0.05) is 0 Å². The lowest BCUT2D eigenvalue weighted by molar-refractivity contribution is -0.115. The summed E-state index contributed by atoms with van der Waals surface area (Å²) in [5.74, 6) is 0.911. The molecular weight excluding hydrogens is 581 g/mol. The van der Waals surface area contributed by atoms with E-state index in [1.165, 1.54) is 0 Å². The van der Waals surface area contributed by atoms with E-state index >= 15 is 0 Å². The molecule has 3 aromatic carbocycles. The Morgan fingerprint density at radius 1 is 1.00 bits per heavy atom. The van der Waals surface area contributed by atoms with Crippen LogP contribution in [0.25, 0.3) is 22.3 Å². The zero-order valence-electron chi connectivity index (χ0n) is 19.6. The summed E-state index contributed by atoms with van der Waals surface area (Å²) in [5, 5.41) is 9.06. The Bertz CT molecular complexity index is 1700. The Morgan fingerprint density at radius 2 is 1.81 bits per heavy atom. The fourth-order valence-electron chi connectivity index (χ4n) is 4.28. The van der Waals surface area contributed by atoms with Crippen molar-refractivity contribution in [1.29, 1.82) is 0 Å². The van der Waals surface area contributed by atoms with Gasteiger partial charge in [0.25, 0.3) is 5.91 Å². The second-order valence-electron chi connectivity index (χ2n) is 8.69. The fraction of sp³-hybridized carbons (Fsp3) is 0.0741. The molecule has 0 saturated heterocycles. The predicted molar refractivity (Wildman–Crippen MR) is 151 cm³/mol. The lowest BCUT2D eigenvalue weighted by Crippen LogP contribution is -2.13. The standard InChI is InChI=1S/C27H20IN7O2/c1-14-30-21-9-7-19(12-23(21)31-14)32-26(37)15-2-5-18(6-3-15)33-27-29-13-16-10-24(36)34-22-11-17(28)4-8-20(22)25(16)35-27/h2-9,11-13H,10H2,1H3,(H,30,31)(H,32,37)(H,34,36)(H,29,33,35). The molecule has 0 spiro atoms. The number of aromatic amines is 1. The van der Waals surface area contributed by atoms with Crippen LogP contribution in [0.3, 0.4) is 0 Å². The van der Waals surface area contributed by atoms with Crippen molar-refractivity contribution in [2.24, 2.45) is 0 Å². The van der Waals surface area contributed by atoms with Crippen LogP contribution in [-0.2, 0) is 11.2 Å². The van der Waals surface area contributed by atoms with Crippen molar-refractivity contribution in [2.75, 3.05) is 16.0 Å². The molecule has 0 atom stereocenters. The van der Waals surface area contributed by atoms with E-state index in [-0.39, 0.29) is 18.2 Å². The Hall–Kier alpha value is -4.32. The smallest absolute Gasteiger partial charge is 0.255 e. The number of rotatable bonds is 4. The van der Waals surface area contributed by atoms with Gasteiger partial charge >= 0.3 is 0 Å². The number of carbonyl (C=O) groups excluding carboxylic acids is 2. The third kappa shape index (κ3) is 4.75. The largest absolute Gasteiger partial charge is 0.342 e. The molecule has 4 N–H and O–H groups in total. The van der Waals surface area contributed by atoms with Gasteiger partial charge in [0.15, 0.2) is 0 Å². The van der Waals surface area contributed by atoms with E-state index in [1.807, 2.05) is 43.3 Å². The molecule has 37 heavy (non-hydrogen) atoms. The van der Waals surface area contributed by atoms with Crippen molar-refractivity contribution < 1.29 is 9.59 Å². The predicted octanol–water partition coefficient (Wildman–Crippen LogP) is 5.42. The normalized spacial score (nSPS) is 12.3. The Balaban J connectivity index is 1.20. The summed E-state index contributed by atoms with van der Waals surface area (Å²) in [6.07, 6.45) is 1.88. The molecule has 6 rings (SSSR count). The maximum absolute atomic E-state index is 12.8. The Kier molecular flexibility index (Phi) is 5.80. The van der Waals surface area contributed by atoms with Gasteiger partial charge in [0.2, 0.25) is 11.9 Å². The number of anilines is 4. The highest BCUT2D eigenvalue weighted by Gasteiger charge is 2.21. The van der Waals surface area contributed by atoms with Gasteiger partial charge in [0.05, 0.1) is 28.8 Å². The summed E-state index contributed by atoms with van der Waals surface area (Å²) in [7, 11) is 0. The number of nitrogens with one attached hydrogen (secondary N) is 4. The first-order valence-corrected chi connectivity index (χ1v) is 12.6. The van der Waals surface area contributed by atoms with Crippen LogP contribution in [-0.4, -0.2) is 31.8 Å². The quantitative estimate of drug-likeness (QED) is 0.204. The number of imidazole rings is 1. The van der Waals surface area contributed by atoms with Crippen LogP contribution < -0.4 is 16.0 Å². The van der Waals surface area contributed by atoms with Gasteiger partial charge in [0, 0.05) is 37.8 Å². The van der Waals surface area contributed by atoms with Gasteiger partial charge in [0.1, 0.15) is 5.82 Å². The fourth-order valence-corrected chi connectivity index (χ4v) is 4.77. The average Bonchev–Trinajstić information content (AvgIpc) is 3.18. The molecule has 0 saturated carbocycles. The van der Waals surface area contributed by atoms with Crippen molar-refractivity contribution in [1.82, 2.24) is 19.9 Å². The van der Waals surface area contributed by atoms with E-state index in [9.17, 15) is 9.59 Å². The zero-order chi connectivity index (χ0) is 25.5. The van der Waals surface area contributed by atoms with Crippen LogP contribution in [0.4, 0.5) is 23.0 Å². The number of halogens is 1. The molecule has 0 fully saturated rings. The number of aromatic nitrogens is 4. The highest BCUT2D eigenvalue weighted by Crippen LogP contribution is 2.34. The molecule has 0 unspecified atom stereocenters. The molecule has 2 aromatic heterocycles. The van der Waals surface area contributed by atoms with Crippen LogP contribution in [0.2, 0.25) is 0 Å². The second-order valence-corrected chi connectivity index (χ2v) is 9.94. The number of hydrogen-bond donors (Lipinski definition) is 4. The number of nitrogens with zero attached hydrogens (tertiary/aromatic N) is 3. The second kappa shape index (κ2) is 9.28. The molecule has 182 valence electrons. The van der Waals surface area contributed by atoms with Gasteiger partial charge in [-0.3, -0.25) is 9.59 Å². The summed E-state index contributed by atoms with van der Waals surface area (Å²) in [6.45, 7) is 1.89. The number of amides is 2. The van der Waals surface area contributed by atoms with E-state index in [0.717, 1.165) is 42.9 Å². The van der Waals surface area contributed by atoms with E-state index in [0.29, 0.717) is 22.9 Å². The summed E-state index contributed by atoms with van der Waals surface area (Å²) >= 11 is 2.22. The van der Waals surface area contributed by atoms with Gasteiger partial charge in [-0.25, -0.2) is 15.0 Å². The van der Waals surface area contributed by atoms with Crippen molar-refractivity contribution in [3.8, 4) is 11.3 Å². The number of benzene rings is 3. The van der Waals surface area contributed by atoms with Crippen LogP contribution >= 0.6 is 22.6 Å². The molecule has 0 bridgehead atoms. The molecule has 1 aliphatic heterocycles. The maximum atomic E-state index is 12.8. The minimum absolute atomic E-state index is 0.0974. The minimum Gasteiger partial charge on any atom is -0.342 e. The number of hydrogen-bond acceptors (Lipinski definition) is 6. The molecule has 9 nitrogen and oxygen atoms in total. The van der Waals surface area contributed by atoms with Crippen molar-refractivity contribution in [3.63, 3.8) is 0 Å². The van der Waals surface area contributed by atoms with Crippen LogP contribution in [0, 0.1) is 10.5 Å². The first-order chi connectivity index (χ1) is 17.9. The van der Waals surface area contributed by atoms with E-state index in [1.54, 1.807) is 30.5 Å². The topological polar surface area (TPSA) is 125 Å². The number of aryl methyl sites for hydroxylation is 1. The molecule has 0 radical (unpaired) electrons. The van der Waals surface area contributed by atoms with Crippen LogP contribution in [0.15, 0.2) is 66.9 Å². The molecule has 5 aromatic rings. The zero-order valence-corrected chi connectivity index (χ0v) is 21.8. The maximum Gasteiger partial charge on any atom is 0.255 e. The lowest BCUT2D eigenvalue weighted by atomic mass is 10.1.